The summed E-state index contributed by atoms with van der Waals surface area (Å²) in [6, 6.07) is -10.8. The number of aliphatic carboxylic acids is 1. The number of carboxylic acid groups (broad SMARTS) is 1. The van der Waals surface area contributed by atoms with Crippen molar-refractivity contribution in [3.8, 4) is 0 Å². The van der Waals surface area contributed by atoms with Gasteiger partial charge >= 0.3 is 5.97 Å². The van der Waals surface area contributed by atoms with E-state index < -0.39 is 114 Å². The van der Waals surface area contributed by atoms with Crippen molar-refractivity contribution >= 4 is 53.2 Å². The van der Waals surface area contributed by atoms with E-state index in [-0.39, 0.29) is 62.2 Å². The lowest BCUT2D eigenvalue weighted by atomic mass is 9.98. The predicted molar refractivity (Wildman–Crippen MR) is 247 cm³/mol. The van der Waals surface area contributed by atoms with Gasteiger partial charge in [0, 0.05) is 36.6 Å². The molecule has 0 aromatic carbocycles. The number of imidazole rings is 2. The summed E-state index contributed by atoms with van der Waals surface area (Å²) in [5.74, 6) is -8.80. The number of amides is 8. The molecule has 68 heavy (non-hydrogen) atoms. The van der Waals surface area contributed by atoms with Crippen molar-refractivity contribution in [1.29, 1.82) is 0 Å². The van der Waals surface area contributed by atoms with Gasteiger partial charge in [-0.15, -0.1) is 0 Å². The Bertz CT molecular complexity index is 1970. The van der Waals surface area contributed by atoms with Crippen LogP contribution in [-0.2, 0) is 56.0 Å². The van der Waals surface area contributed by atoms with E-state index in [9.17, 15) is 53.4 Å². The Morgan fingerprint density at radius 2 is 0.794 bits per heavy atom. The Hall–Kier alpha value is -6.43. The molecule has 2 heterocycles. The molecule has 2 aromatic heterocycles. The Labute approximate surface area is 396 Å². The molecule has 9 atom stereocenters. The molecule has 0 saturated heterocycles. The summed E-state index contributed by atoms with van der Waals surface area (Å²) < 4.78 is 0. The minimum absolute atomic E-state index is 0.0241. The van der Waals surface area contributed by atoms with Crippen LogP contribution >= 0.6 is 0 Å². The Morgan fingerprint density at radius 3 is 1.10 bits per heavy atom. The van der Waals surface area contributed by atoms with Crippen LogP contribution in [0.2, 0.25) is 0 Å². The van der Waals surface area contributed by atoms with Crippen LogP contribution in [0, 0.1) is 23.7 Å². The first-order chi connectivity index (χ1) is 31.8. The Morgan fingerprint density at radius 1 is 0.500 bits per heavy atom. The standard InChI is InChI=1S/C44H73N13O11/c1-21(2)10-28(37(60)52-30(12-23(5)6)40(63)57-34(44(67)68)15-27-18-48-20-50-27)51-38(61)29(11-22(3)4)53-42(65)33(16-35(45)59)55-41(64)32(14-26-17-47-19-49-26)54-39(62)31(13-24(7)8)56-43(66)36(46)25(9)58/h17-25,28-34,36,58H,10-16,46H2,1-9H3,(H2,45,59)(H,47,49)(H,48,50)(H,51,61)(H,52,60)(H,53,65)(H,54,62)(H,55,64)(H,56,66)(H,57,63)(H,67,68)/t25-,28+,29+,30+,31+,32+,33+,34+,36+/m1/s1. The van der Waals surface area contributed by atoms with Crippen molar-refractivity contribution in [2.45, 2.75) is 162 Å². The summed E-state index contributed by atoms with van der Waals surface area (Å²) in [6.07, 6.45) is 3.62. The molecule has 0 unspecified atom stereocenters. The second-order valence-electron chi connectivity index (χ2n) is 18.8. The van der Waals surface area contributed by atoms with Gasteiger partial charge in [0.25, 0.3) is 0 Å². The van der Waals surface area contributed by atoms with E-state index in [4.69, 9.17) is 11.5 Å². The zero-order valence-corrected chi connectivity index (χ0v) is 40.4. The van der Waals surface area contributed by atoms with Gasteiger partial charge in [0.1, 0.15) is 48.3 Å². The zero-order valence-electron chi connectivity index (χ0n) is 40.4. The van der Waals surface area contributed by atoms with Gasteiger partial charge in [-0.3, -0.25) is 38.4 Å². The molecule has 0 radical (unpaired) electrons. The van der Waals surface area contributed by atoms with E-state index in [1.165, 1.54) is 32.0 Å². The van der Waals surface area contributed by atoms with Gasteiger partial charge in [-0.2, -0.15) is 0 Å². The fraction of sp³-hybridized carbons (Fsp3) is 0.659. The number of aromatic nitrogens is 4. The molecule has 15 N–H and O–H groups in total. The van der Waals surface area contributed by atoms with Crippen LogP contribution in [0.15, 0.2) is 25.0 Å². The third-order valence-corrected chi connectivity index (χ3v) is 10.4. The number of aromatic amines is 2. The fourth-order valence-electron chi connectivity index (χ4n) is 6.98. The van der Waals surface area contributed by atoms with Crippen LogP contribution in [0.1, 0.15) is 106 Å². The molecule has 2 rings (SSSR count). The average Bonchev–Trinajstić information content (AvgIpc) is 3.95. The number of hydrogen-bond donors (Lipinski definition) is 13. The summed E-state index contributed by atoms with van der Waals surface area (Å²) >= 11 is 0. The lowest BCUT2D eigenvalue weighted by molar-refractivity contribution is -0.142. The zero-order chi connectivity index (χ0) is 51.4. The van der Waals surface area contributed by atoms with Crippen molar-refractivity contribution < 1.29 is 53.4 Å². The molecular weight excluding hydrogens is 887 g/mol. The maximum atomic E-state index is 14.1. The smallest absolute Gasteiger partial charge is 0.326 e. The average molecular weight is 960 g/mol. The third kappa shape index (κ3) is 20.6. The second kappa shape index (κ2) is 28.0. The predicted octanol–water partition coefficient (Wildman–Crippen LogP) is -1.84. The van der Waals surface area contributed by atoms with Crippen molar-refractivity contribution in [3.05, 3.63) is 36.4 Å². The first-order valence-electron chi connectivity index (χ1n) is 22.8. The number of carboxylic acids is 1. The normalized spacial score (nSPS) is 15.5. The maximum Gasteiger partial charge on any atom is 0.326 e. The Balaban J connectivity index is 2.38. The SMILES string of the molecule is CC(C)C[C@H](NC(=O)[C@H](CC(C)C)NC(=O)[C@H](CC(C)C)NC(=O)[C@H](CC(N)=O)NC(=O)[C@H](Cc1cnc[nH]1)NC(=O)[C@H](CC(C)C)NC(=O)[C@@H](N)[C@@H](C)O)C(=O)N[C@@H](Cc1cnc[nH]1)C(=O)O. The van der Waals surface area contributed by atoms with Crippen molar-refractivity contribution in [1.82, 2.24) is 57.2 Å². The first-order valence-corrected chi connectivity index (χ1v) is 22.8. The molecule has 0 bridgehead atoms. The molecule has 0 saturated carbocycles. The molecule has 8 amide bonds. The minimum atomic E-state index is -1.67. The number of nitrogens with two attached hydrogens (primary N) is 2. The van der Waals surface area contributed by atoms with Gasteiger partial charge in [-0.05, 0) is 56.3 Å². The van der Waals surface area contributed by atoms with Crippen LogP contribution in [0.5, 0.6) is 0 Å². The number of aliphatic hydroxyl groups excluding tert-OH is 1. The number of aliphatic hydroxyl groups is 1. The number of H-pyrrole nitrogens is 2. The number of carbonyl (C=O) groups is 9. The molecule has 0 aliphatic rings. The summed E-state index contributed by atoms with van der Waals surface area (Å²) in [5.41, 5.74) is 12.2. The van der Waals surface area contributed by atoms with Gasteiger partial charge in [0.2, 0.25) is 47.3 Å². The van der Waals surface area contributed by atoms with E-state index in [0.29, 0.717) is 11.4 Å². The van der Waals surface area contributed by atoms with Crippen LogP contribution in [0.4, 0.5) is 0 Å². The van der Waals surface area contributed by atoms with Crippen LogP contribution in [-0.4, -0.2) is 138 Å². The summed E-state index contributed by atoms with van der Waals surface area (Å²) in [5, 5.41) is 37.7. The van der Waals surface area contributed by atoms with E-state index in [1.807, 2.05) is 13.8 Å². The van der Waals surface area contributed by atoms with E-state index >= 15 is 0 Å². The fourth-order valence-corrected chi connectivity index (χ4v) is 6.98. The molecule has 0 fully saturated rings. The number of nitrogens with zero attached hydrogens (tertiary/aromatic N) is 2. The molecule has 2 aromatic rings. The summed E-state index contributed by atoms with van der Waals surface area (Å²) in [6.45, 7) is 15.7. The third-order valence-electron chi connectivity index (χ3n) is 10.4. The first kappa shape index (κ1) is 57.7. The molecule has 0 aliphatic carbocycles. The highest BCUT2D eigenvalue weighted by molar-refractivity contribution is 5.98. The number of nitrogens with one attached hydrogen (secondary N) is 9. The monoisotopic (exact) mass is 960 g/mol. The maximum absolute atomic E-state index is 14.1. The van der Waals surface area contributed by atoms with Crippen molar-refractivity contribution in [2.75, 3.05) is 0 Å². The molecular formula is C44H73N13O11. The number of primary amides is 1. The second-order valence-corrected chi connectivity index (χ2v) is 18.8. The number of hydrogen-bond acceptors (Lipinski definition) is 13. The number of rotatable bonds is 30. The molecule has 0 spiro atoms. The van der Waals surface area contributed by atoms with Gasteiger partial charge in [0.05, 0.1) is 25.2 Å². The highest BCUT2D eigenvalue weighted by Gasteiger charge is 2.36. The quantitative estimate of drug-likeness (QED) is 0.0410. The van der Waals surface area contributed by atoms with Crippen molar-refractivity contribution in [3.63, 3.8) is 0 Å². The highest BCUT2D eigenvalue weighted by atomic mass is 16.4. The summed E-state index contributed by atoms with van der Waals surface area (Å²) in [4.78, 5) is 134. The van der Waals surface area contributed by atoms with Crippen LogP contribution in [0.25, 0.3) is 0 Å². The number of carbonyl (C=O) groups excluding carboxylic acids is 8. The molecule has 0 aliphatic heterocycles. The Kier molecular flexibility index (Phi) is 23.8. The van der Waals surface area contributed by atoms with E-state index in [0.717, 1.165) is 0 Å². The largest absolute Gasteiger partial charge is 0.480 e. The highest BCUT2D eigenvalue weighted by Crippen LogP contribution is 2.13. The topological polar surface area (TPSA) is 388 Å². The lowest BCUT2D eigenvalue weighted by Gasteiger charge is -2.29. The molecule has 24 heteroatoms. The van der Waals surface area contributed by atoms with E-state index in [1.54, 1.807) is 41.5 Å². The van der Waals surface area contributed by atoms with Crippen LogP contribution < -0.4 is 48.7 Å². The van der Waals surface area contributed by atoms with Gasteiger partial charge < -0.3 is 68.9 Å². The van der Waals surface area contributed by atoms with Crippen LogP contribution in [0.3, 0.4) is 0 Å². The van der Waals surface area contributed by atoms with E-state index in [2.05, 4.69) is 57.2 Å². The van der Waals surface area contributed by atoms with Gasteiger partial charge in [-0.25, -0.2) is 14.8 Å². The molecule has 380 valence electrons. The summed E-state index contributed by atoms with van der Waals surface area (Å²) in [7, 11) is 0. The van der Waals surface area contributed by atoms with Gasteiger partial charge in [-0.1, -0.05) is 55.4 Å². The lowest BCUT2D eigenvalue weighted by Crippen LogP contribution is -2.61. The van der Waals surface area contributed by atoms with Gasteiger partial charge in [0.15, 0.2) is 0 Å². The minimum Gasteiger partial charge on any atom is -0.480 e. The van der Waals surface area contributed by atoms with Crippen molar-refractivity contribution in [2.24, 2.45) is 35.1 Å². The molecule has 24 nitrogen and oxygen atoms in total.